The van der Waals surface area contributed by atoms with Gasteiger partial charge in [-0.05, 0) is 17.9 Å². The van der Waals surface area contributed by atoms with Gasteiger partial charge in [-0.15, -0.1) is 11.3 Å². The fourth-order valence-corrected chi connectivity index (χ4v) is 2.66. The topological polar surface area (TPSA) is 53.4 Å². The van der Waals surface area contributed by atoms with Gasteiger partial charge in [-0.2, -0.15) is 5.10 Å². The van der Waals surface area contributed by atoms with E-state index < -0.39 is 0 Å². The smallest absolute Gasteiger partial charge is 0.228 e. The van der Waals surface area contributed by atoms with E-state index in [1.807, 2.05) is 12.3 Å². The molecule has 0 fully saturated rings. The van der Waals surface area contributed by atoms with E-state index in [0.717, 1.165) is 6.42 Å². The first-order valence-corrected chi connectivity index (χ1v) is 6.86. The molecule has 19 heavy (non-hydrogen) atoms. The minimum absolute atomic E-state index is 0.116. The maximum absolute atomic E-state index is 12.6. The van der Waals surface area contributed by atoms with Crippen LogP contribution in [-0.2, 0) is 6.54 Å². The van der Waals surface area contributed by atoms with Crippen LogP contribution in [0.2, 0.25) is 0 Å². The van der Waals surface area contributed by atoms with Crippen molar-refractivity contribution >= 4 is 17.1 Å². The van der Waals surface area contributed by atoms with E-state index in [9.17, 15) is 4.79 Å². The summed E-state index contributed by atoms with van der Waals surface area (Å²) < 4.78 is 12.1. The molecule has 0 aliphatic rings. The second-order valence-electron chi connectivity index (χ2n) is 3.93. The van der Waals surface area contributed by atoms with Crippen LogP contribution in [0.3, 0.4) is 0 Å². The highest BCUT2D eigenvalue weighted by Gasteiger charge is 2.24. The van der Waals surface area contributed by atoms with E-state index in [1.165, 1.54) is 18.4 Å². The maximum Gasteiger partial charge on any atom is 0.228 e. The SMILES string of the molecule is CCCn1ncc(OC)c1C(=O)c1sccc1OC. The largest absolute Gasteiger partial charge is 0.495 e. The number of thiophene rings is 1. The van der Waals surface area contributed by atoms with Crippen LogP contribution in [0.5, 0.6) is 11.5 Å². The predicted octanol–water partition coefficient (Wildman–Crippen LogP) is 2.60. The van der Waals surface area contributed by atoms with Crippen LogP contribution in [0.4, 0.5) is 0 Å². The Morgan fingerprint density at radius 2 is 2.11 bits per heavy atom. The van der Waals surface area contributed by atoms with Crippen molar-refractivity contribution in [2.75, 3.05) is 14.2 Å². The summed E-state index contributed by atoms with van der Waals surface area (Å²) in [5.41, 5.74) is 0.477. The summed E-state index contributed by atoms with van der Waals surface area (Å²) in [6.45, 7) is 2.71. The van der Waals surface area contributed by atoms with E-state index >= 15 is 0 Å². The number of aryl methyl sites for hydroxylation is 1. The van der Waals surface area contributed by atoms with Crippen molar-refractivity contribution in [3.63, 3.8) is 0 Å². The third kappa shape index (κ3) is 2.49. The summed E-state index contributed by atoms with van der Waals surface area (Å²) in [4.78, 5) is 13.2. The first-order chi connectivity index (χ1) is 9.22. The molecule has 0 atom stereocenters. The molecule has 2 aromatic heterocycles. The molecule has 0 saturated heterocycles. The number of rotatable bonds is 6. The van der Waals surface area contributed by atoms with Crippen molar-refractivity contribution < 1.29 is 14.3 Å². The molecule has 0 unspecified atom stereocenters. The van der Waals surface area contributed by atoms with Crippen LogP contribution in [-0.4, -0.2) is 29.8 Å². The van der Waals surface area contributed by atoms with Crippen molar-refractivity contribution in [1.29, 1.82) is 0 Å². The zero-order chi connectivity index (χ0) is 13.8. The summed E-state index contributed by atoms with van der Waals surface area (Å²) in [6, 6.07) is 1.78. The lowest BCUT2D eigenvalue weighted by atomic mass is 10.2. The van der Waals surface area contributed by atoms with Crippen molar-refractivity contribution in [3.05, 3.63) is 28.2 Å². The molecule has 2 aromatic rings. The zero-order valence-electron chi connectivity index (χ0n) is 11.2. The molecule has 0 aliphatic carbocycles. The molecule has 0 aromatic carbocycles. The van der Waals surface area contributed by atoms with Gasteiger partial charge in [-0.25, -0.2) is 0 Å². The van der Waals surface area contributed by atoms with Crippen LogP contribution in [0.1, 0.15) is 28.7 Å². The van der Waals surface area contributed by atoms with Crippen LogP contribution in [0.15, 0.2) is 17.6 Å². The molecule has 0 aliphatic heterocycles. The van der Waals surface area contributed by atoms with E-state index in [4.69, 9.17) is 9.47 Å². The van der Waals surface area contributed by atoms with E-state index in [0.29, 0.717) is 28.6 Å². The molecule has 0 N–H and O–H groups in total. The number of hydrogen-bond acceptors (Lipinski definition) is 5. The summed E-state index contributed by atoms with van der Waals surface area (Å²) in [6.07, 6.45) is 2.47. The van der Waals surface area contributed by atoms with E-state index in [1.54, 1.807) is 24.1 Å². The Kier molecular flexibility index (Phi) is 4.21. The summed E-state index contributed by atoms with van der Waals surface area (Å²) in [5, 5.41) is 6.03. The molecule has 0 radical (unpaired) electrons. The van der Waals surface area contributed by atoms with Crippen molar-refractivity contribution in [3.8, 4) is 11.5 Å². The lowest BCUT2D eigenvalue weighted by Gasteiger charge is -2.07. The number of carbonyl (C=O) groups excluding carboxylic acids is 1. The number of methoxy groups -OCH3 is 2. The van der Waals surface area contributed by atoms with Crippen LogP contribution < -0.4 is 9.47 Å². The fourth-order valence-electron chi connectivity index (χ4n) is 1.86. The van der Waals surface area contributed by atoms with Gasteiger partial charge in [0.25, 0.3) is 0 Å². The molecule has 102 valence electrons. The number of hydrogen-bond donors (Lipinski definition) is 0. The first-order valence-electron chi connectivity index (χ1n) is 5.98. The van der Waals surface area contributed by atoms with Gasteiger partial charge in [-0.3, -0.25) is 9.48 Å². The maximum atomic E-state index is 12.6. The van der Waals surface area contributed by atoms with Gasteiger partial charge >= 0.3 is 0 Å². The Balaban J connectivity index is 2.45. The van der Waals surface area contributed by atoms with E-state index in [-0.39, 0.29) is 5.78 Å². The number of nitrogens with zero attached hydrogens (tertiary/aromatic N) is 2. The average molecular weight is 280 g/mol. The molecule has 5 nitrogen and oxygen atoms in total. The van der Waals surface area contributed by atoms with Crippen molar-refractivity contribution in [2.24, 2.45) is 0 Å². The minimum atomic E-state index is -0.116. The highest BCUT2D eigenvalue weighted by molar-refractivity contribution is 7.12. The zero-order valence-corrected chi connectivity index (χ0v) is 12.0. The van der Waals surface area contributed by atoms with Crippen LogP contribution >= 0.6 is 11.3 Å². The minimum Gasteiger partial charge on any atom is -0.495 e. The fraction of sp³-hybridized carbons (Fsp3) is 0.385. The number of aromatic nitrogens is 2. The number of carbonyl (C=O) groups is 1. The monoisotopic (exact) mass is 280 g/mol. The molecule has 6 heteroatoms. The van der Waals surface area contributed by atoms with Crippen molar-refractivity contribution in [1.82, 2.24) is 9.78 Å². The highest BCUT2D eigenvalue weighted by Crippen LogP contribution is 2.30. The summed E-state index contributed by atoms with van der Waals surface area (Å²) >= 11 is 1.36. The Morgan fingerprint density at radius 1 is 1.37 bits per heavy atom. The third-order valence-corrected chi connectivity index (χ3v) is 3.63. The van der Waals surface area contributed by atoms with Crippen molar-refractivity contribution in [2.45, 2.75) is 19.9 Å². The molecular weight excluding hydrogens is 264 g/mol. The predicted molar refractivity (Wildman–Crippen MR) is 73.4 cm³/mol. The van der Waals surface area contributed by atoms with Crippen LogP contribution in [0, 0.1) is 0 Å². The van der Waals surface area contributed by atoms with Gasteiger partial charge in [0.2, 0.25) is 5.78 Å². The second kappa shape index (κ2) is 5.88. The third-order valence-electron chi connectivity index (χ3n) is 2.73. The quantitative estimate of drug-likeness (QED) is 0.763. The van der Waals surface area contributed by atoms with Gasteiger partial charge < -0.3 is 9.47 Å². The Bertz CT molecular complexity index is 574. The molecular formula is C13H16N2O3S. The van der Waals surface area contributed by atoms with Gasteiger partial charge in [0.1, 0.15) is 10.6 Å². The summed E-state index contributed by atoms with van der Waals surface area (Å²) in [5.74, 6) is 0.963. The standard InChI is InChI=1S/C13H16N2O3S/c1-4-6-15-11(10(18-3)8-14-15)12(16)13-9(17-2)5-7-19-13/h5,7-8H,4,6H2,1-3H3. The first kappa shape index (κ1) is 13.6. The normalized spacial score (nSPS) is 10.5. The Labute approximate surface area is 115 Å². The Hall–Kier alpha value is -1.82. The van der Waals surface area contributed by atoms with Gasteiger partial charge in [0, 0.05) is 6.54 Å². The number of ketones is 1. The van der Waals surface area contributed by atoms with Gasteiger partial charge in [0.15, 0.2) is 11.4 Å². The lowest BCUT2D eigenvalue weighted by Crippen LogP contribution is -2.12. The number of ether oxygens (including phenoxy) is 2. The molecule has 0 bridgehead atoms. The molecule has 0 amide bonds. The summed E-state index contributed by atoms with van der Waals surface area (Å²) in [7, 11) is 3.09. The van der Waals surface area contributed by atoms with E-state index in [2.05, 4.69) is 5.10 Å². The van der Waals surface area contributed by atoms with Crippen LogP contribution in [0.25, 0.3) is 0 Å². The second-order valence-corrected chi connectivity index (χ2v) is 4.85. The molecule has 0 saturated carbocycles. The van der Waals surface area contributed by atoms with Gasteiger partial charge in [0.05, 0.1) is 20.4 Å². The molecule has 2 heterocycles. The highest BCUT2D eigenvalue weighted by atomic mass is 32.1. The Morgan fingerprint density at radius 3 is 2.74 bits per heavy atom. The lowest BCUT2D eigenvalue weighted by molar-refractivity contribution is 0.102. The molecule has 0 spiro atoms. The van der Waals surface area contributed by atoms with Gasteiger partial charge in [-0.1, -0.05) is 6.92 Å². The average Bonchev–Trinajstić information content (AvgIpc) is 3.04. The molecule has 2 rings (SSSR count).